The number of hydrogen-bond acceptors (Lipinski definition) is 1. The summed E-state index contributed by atoms with van der Waals surface area (Å²) in [5.74, 6) is 0.637. The molecule has 0 spiro atoms. The number of rotatable bonds is 4. The zero-order chi connectivity index (χ0) is 29.3. The fraction of sp³-hybridized carbons (Fsp3) is 0.275. The van der Waals surface area contributed by atoms with Crippen LogP contribution in [0.2, 0.25) is 0 Å². The van der Waals surface area contributed by atoms with E-state index in [0.29, 0.717) is 5.92 Å². The molecule has 42 heavy (non-hydrogen) atoms. The van der Waals surface area contributed by atoms with Gasteiger partial charge in [0.05, 0.1) is 10.9 Å². The van der Waals surface area contributed by atoms with Crippen molar-refractivity contribution in [3.63, 3.8) is 0 Å². The summed E-state index contributed by atoms with van der Waals surface area (Å²) in [6.07, 6.45) is 4.43. The summed E-state index contributed by atoms with van der Waals surface area (Å²) in [6, 6.07) is 29.8. The number of nitrogens with zero attached hydrogens (tertiary/aromatic N) is 1. The van der Waals surface area contributed by atoms with E-state index < -0.39 is 0 Å². The maximum absolute atomic E-state index is 2.49. The summed E-state index contributed by atoms with van der Waals surface area (Å²) in [7, 11) is 2.23. The van der Waals surface area contributed by atoms with Gasteiger partial charge in [0.2, 0.25) is 5.69 Å². The summed E-state index contributed by atoms with van der Waals surface area (Å²) in [4.78, 5) is 2.82. The molecule has 7 rings (SSSR count). The van der Waals surface area contributed by atoms with E-state index in [1.165, 1.54) is 81.2 Å². The van der Waals surface area contributed by atoms with Gasteiger partial charge < -0.3 is 0 Å². The van der Waals surface area contributed by atoms with Gasteiger partial charge in [-0.25, -0.2) is 4.57 Å². The predicted octanol–water partition coefficient (Wildman–Crippen LogP) is 10.9. The average Bonchev–Trinajstić information content (AvgIpc) is 2.95. The average molecular weight is 567 g/mol. The van der Waals surface area contributed by atoms with Crippen LogP contribution in [0.15, 0.2) is 94.9 Å². The minimum atomic E-state index is 0.179. The molecular formula is C40H40NS+. The molecular weight excluding hydrogens is 527 g/mol. The highest BCUT2D eigenvalue weighted by Crippen LogP contribution is 2.53. The number of fused-ring (bicyclic) bond motifs is 5. The fourth-order valence-electron chi connectivity index (χ4n) is 7.00. The standard InChI is InChI=1S/C40H40NS/c1-24(2)19-26-13-16-30-32(20-26)25(3)36-38-37-31(17-18-41(38)7)33-21-28(27-11-9-8-10-12-27)14-15-29(33)22-35(37)42-39(36)34(30)23-40(4,5)6/h8-18,20-22,24H,19,23H2,1-7H3/q+1. The van der Waals surface area contributed by atoms with Crippen molar-refractivity contribution in [2.75, 3.05) is 0 Å². The number of hydrogen-bond donors (Lipinski definition) is 0. The molecule has 0 radical (unpaired) electrons. The second kappa shape index (κ2) is 9.99. The lowest BCUT2D eigenvalue weighted by molar-refractivity contribution is -0.659. The molecule has 0 bridgehead atoms. The van der Waals surface area contributed by atoms with Gasteiger partial charge in [0.15, 0.2) is 6.20 Å². The second-order valence-corrected chi connectivity index (χ2v) is 14.9. The van der Waals surface area contributed by atoms with Crippen LogP contribution in [0.4, 0.5) is 0 Å². The van der Waals surface area contributed by atoms with Crippen LogP contribution in [0.3, 0.4) is 0 Å². The van der Waals surface area contributed by atoms with E-state index in [9.17, 15) is 0 Å². The summed E-state index contributed by atoms with van der Waals surface area (Å²) in [6.45, 7) is 14.1. The van der Waals surface area contributed by atoms with Crippen LogP contribution >= 0.6 is 11.8 Å². The van der Waals surface area contributed by atoms with Crippen molar-refractivity contribution in [1.82, 2.24) is 0 Å². The quantitative estimate of drug-likeness (QED) is 0.151. The van der Waals surface area contributed by atoms with Gasteiger partial charge in [-0.15, -0.1) is 0 Å². The minimum Gasteiger partial charge on any atom is -0.200 e. The Kier molecular flexibility index (Phi) is 6.47. The molecule has 0 saturated heterocycles. The Bertz CT molecular complexity index is 2030. The van der Waals surface area contributed by atoms with Gasteiger partial charge in [0, 0.05) is 21.2 Å². The molecule has 0 saturated carbocycles. The van der Waals surface area contributed by atoms with Crippen molar-refractivity contribution >= 4 is 44.1 Å². The van der Waals surface area contributed by atoms with Crippen LogP contribution in [0.5, 0.6) is 0 Å². The summed E-state index contributed by atoms with van der Waals surface area (Å²) in [5, 5.41) is 8.21. The van der Waals surface area contributed by atoms with Crippen LogP contribution in [0.25, 0.3) is 54.7 Å². The van der Waals surface area contributed by atoms with Crippen LogP contribution in [-0.2, 0) is 19.9 Å². The maximum Gasteiger partial charge on any atom is 0.222 e. The van der Waals surface area contributed by atoms with E-state index in [1.54, 1.807) is 0 Å². The van der Waals surface area contributed by atoms with Crippen LogP contribution in [-0.4, -0.2) is 0 Å². The third-order valence-corrected chi connectivity index (χ3v) is 9.99. The van der Waals surface area contributed by atoms with Crippen molar-refractivity contribution in [2.24, 2.45) is 18.4 Å². The zero-order valence-electron chi connectivity index (χ0n) is 25.9. The predicted molar refractivity (Wildman–Crippen MR) is 182 cm³/mol. The Morgan fingerprint density at radius 3 is 2.31 bits per heavy atom. The Hall–Kier alpha value is -3.62. The van der Waals surface area contributed by atoms with Crippen LogP contribution in [0.1, 0.15) is 51.3 Å². The van der Waals surface area contributed by atoms with Gasteiger partial charge in [-0.3, -0.25) is 0 Å². The van der Waals surface area contributed by atoms with Crippen molar-refractivity contribution in [1.29, 1.82) is 0 Å². The van der Waals surface area contributed by atoms with Crippen LogP contribution in [0, 0.1) is 18.3 Å². The van der Waals surface area contributed by atoms with Gasteiger partial charge in [-0.05, 0) is 92.6 Å². The normalized spacial score (nSPS) is 13.0. The largest absolute Gasteiger partial charge is 0.222 e. The highest BCUT2D eigenvalue weighted by molar-refractivity contribution is 8.00. The van der Waals surface area contributed by atoms with E-state index in [1.807, 2.05) is 11.8 Å². The lowest BCUT2D eigenvalue weighted by Gasteiger charge is -2.28. The Labute approximate surface area is 254 Å². The lowest BCUT2D eigenvalue weighted by Crippen LogP contribution is -2.32. The van der Waals surface area contributed by atoms with Gasteiger partial charge in [-0.2, -0.15) is 0 Å². The monoisotopic (exact) mass is 566 g/mol. The van der Waals surface area contributed by atoms with E-state index in [0.717, 1.165) is 12.8 Å². The van der Waals surface area contributed by atoms with Gasteiger partial charge in [-0.1, -0.05) is 107 Å². The smallest absolute Gasteiger partial charge is 0.200 e. The van der Waals surface area contributed by atoms with E-state index in [-0.39, 0.29) is 5.41 Å². The summed E-state index contributed by atoms with van der Waals surface area (Å²) < 4.78 is 2.37. The molecule has 0 amide bonds. The molecule has 0 fully saturated rings. The molecule has 210 valence electrons. The van der Waals surface area contributed by atoms with E-state index >= 15 is 0 Å². The van der Waals surface area contributed by atoms with Crippen molar-refractivity contribution in [3.05, 3.63) is 102 Å². The lowest BCUT2D eigenvalue weighted by atomic mass is 9.82. The highest BCUT2D eigenvalue weighted by Gasteiger charge is 2.33. The number of aryl methyl sites for hydroxylation is 2. The first kappa shape index (κ1) is 27.2. The number of aromatic nitrogens is 1. The molecule has 6 aromatic rings. The molecule has 1 aromatic heterocycles. The molecule has 0 unspecified atom stereocenters. The topological polar surface area (TPSA) is 3.88 Å². The molecule has 2 heterocycles. The first-order valence-corrected chi connectivity index (χ1v) is 16.1. The third-order valence-electron chi connectivity index (χ3n) is 8.80. The minimum absolute atomic E-state index is 0.179. The Morgan fingerprint density at radius 2 is 1.57 bits per heavy atom. The van der Waals surface area contributed by atoms with Crippen molar-refractivity contribution < 1.29 is 4.57 Å². The van der Waals surface area contributed by atoms with Gasteiger partial charge >= 0.3 is 0 Å². The van der Waals surface area contributed by atoms with E-state index in [4.69, 9.17) is 0 Å². The Balaban J connectivity index is 1.57. The van der Waals surface area contributed by atoms with Gasteiger partial charge in [0.1, 0.15) is 7.05 Å². The molecule has 2 heteroatoms. The van der Waals surface area contributed by atoms with Crippen molar-refractivity contribution in [3.8, 4) is 22.4 Å². The summed E-state index contributed by atoms with van der Waals surface area (Å²) >= 11 is 2.00. The molecule has 1 nitrogen and oxygen atoms in total. The molecule has 0 N–H and O–H groups in total. The van der Waals surface area contributed by atoms with Gasteiger partial charge in [0.25, 0.3) is 0 Å². The molecule has 1 aliphatic heterocycles. The Morgan fingerprint density at radius 1 is 0.786 bits per heavy atom. The zero-order valence-corrected chi connectivity index (χ0v) is 26.7. The first-order valence-electron chi connectivity index (χ1n) is 15.3. The molecule has 0 aliphatic carbocycles. The second-order valence-electron chi connectivity index (χ2n) is 13.9. The third kappa shape index (κ3) is 4.52. The number of benzene rings is 5. The SMILES string of the molecule is Cc1c2c(c(CC(C)(C)C)c3ccc(CC(C)C)cc13)Sc1cc3ccc(-c4ccccc4)cc3c3cc[n+](C)c-2c13. The number of pyridine rings is 1. The summed E-state index contributed by atoms with van der Waals surface area (Å²) in [5.41, 5.74) is 9.83. The van der Waals surface area contributed by atoms with Crippen LogP contribution < -0.4 is 4.57 Å². The van der Waals surface area contributed by atoms with E-state index in [2.05, 4.69) is 138 Å². The maximum atomic E-state index is 2.49. The fourth-order valence-corrected chi connectivity index (χ4v) is 8.37. The molecule has 0 atom stereocenters. The molecule has 1 aliphatic rings. The first-order chi connectivity index (χ1) is 20.1. The molecule has 5 aromatic carbocycles. The highest BCUT2D eigenvalue weighted by atomic mass is 32.2. The van der Waals surface area contributed by atoms with Crippen molar-refractivity contribution in [2.45, 2.75) is 64.2 Å².